The van der Waals surface area contributed by atoms with Crippen molar-refractivity contribution in [2.24, 2.45) is 5.73 Å². The minimum absolute atomic E-state index is 0.0482. The number of ether oxygens (including phenoxy) is 1. The predicted molar refractivity (Wildman–Crippen MR) is 92.9 cm³/mol. The minimum Gasteiger partial charge on any atom is -0.487 e. The van der Waals surface area contributed by atoms with Gasteiger partial charge in [0, 0.05) is 29.3 Å². The number of fused-ring (bicyclic) bond motifs is 2. The van der Waals surface area contributed by atoms with Crippen molar-refractivity contribution in [1.29, 1.82) is 0 Å². The highest BCUT2D eigenvalue weighted by atomic mass is 16.5. The second-order valence-electron chi connectivity index (χ2n) is 6.23. The van der Waals surface area contributed by atoms with E-state index in [2.05, 4.69) is 35.5 Å². The van der Waals surface area contributed by atoms with E-state index in [1.54, 1.807) is 6.07 Å². The van der Waals surface area contributed by atoms with Crippen molar-refractivity contribution in [3.8, 4) is 5.75 Å². The fraction of sp³-hybridized carbons (Fsp3) is 0.278. The van der Waals surface area contributed by atoms with Gasteiger partial charge in [-0.15, -0.1) is 0 Å². The van der Waals surface area contributed by atoms with Gasteiger partial charge in [-0.05, 0) is 37.1 Å². The van der Waals surface area contributed by atoms with Crippen LogP contribution in [0.1, 0.15) is 18.1 Å². The molecule has 4 rings (SSSR count). The summed E-state index contributed by atoms with van der Waals surface area (Å²) in [5, 5.41) is 1.00. The van der Waals surface area contributed by atoms with Crippen molar-refractivity contribution in [3.63, 3.8) is 0 Å². The number of nitrogens with one attached hydrogen (secondary N) is 1. The van der Waals surface area contributed by atoms with E-state index in [0.29, 0.717) is 13.2 Å². The number of hydrogen-bond acceptors (Lipinski definition) is 4. The van der Waals surface area contributed by atoms with Gasteiger partial charge in [0.1, 0.15) is 6.61 Å². The molecule has 3 N–H and O–H groups in total. The van der Waals surface area contributed by atoms with Gasteiger partial charge in [0.05, 0.1) is 17.2 Å². The molecule has 5 nitrogen and oxygen atoms in total. The van der Waals surface area contributed by atoms with Crippen LogP contribution in [0, 0.1) is 6.92 Å². The first kappa shape index (κ1) is 14.1. The molecule has 2 aliphatic heterocycles. The highest BCUT2D eigenvalue weighted by molar-refractivity contribution is 6.01. The maximum Gasteiger partial charge on any atom is 0.248 e. The molecule has 1 aromatic carbocycles. The number of anilines is 1. The summed E-state index contributed by atoms with van der Waals surface area (Å²) in [7, 11) is 0. The number of pyridine rings is 1. The molecular formula is C18H19N3O2. The molecule has 0 aliphatic carbocycles. The van der Waals surface area contributed by atoms with Gasteiger partial charge < -0.3 is 20.4 Å². The molecule has 0 saturated heterocycles. The zero-order valence-electron chi connectivity index (χ0n) is 13.3. The molecule has 0 saturated carbocycles. The number of hydrogen-bond donors (Lipinski definition) is 2. The number of aromatic amines is 1. The maximum absolute atomic E-state index is 11.9. The van der Waals surface area contributed by atoms with Crippen LogP contribution in [0.15, 0.2) is 35.3 Å². The summed E-state index contributed by atoms with van der Waals surface area (Å²) in [5.41, 5.74) is 11.6. The average Bonchev–Trinajstić information content (AvgIpc) is 2.51. The van der Waals surface area contributed by atoms with Crippen LogP contribution in [0.4, 0.5) is 5.69 Å². The van der Waals surface area contributed by atoms with Gasteiger partial charge in [0.2, 0.25) is 5.56 Å². The van der Waals surface area contributed by atoms with Crippen molar-refractivity contribution >= 4 is 22.2 Å². The Bertz CT molecular complexity index is 939. The van der Waals surface area contributed by atoms with Gasteiger partial charge >= 0.3 is 0 Å². The smallest absolute Gasteiger partial charge is 0.248 e. The molecule has 1 aromatic heterocycles. The van der Waals surface area contributed by atoms with Gasteiger partial charge in [-0.3, -0.25) is 4.79 Å². The van der Waals surface area contributed by atoms with Crippen molar-refractivity contribution in [3.05, 3.63) is 52.0 Å². The summed E-state index contributed by atoms with van der Waals surface area (Å²) in [6.45, 7) is 9.14. The Kier molecular flexibility index (Phi) is 2.90. The molecule has 5 heteroatoms. The van der Waals surface area contributed by atoms with Crippen LogP contribution >= 0.6 is 0 Å². The molecule has 23 heavy (non-hydrogen) atoms. The van der Waals surface area contributed by atoms with Crippen molar-refractivity contribution < 1.29 is 4.74 Å². The minimum atomic E-state index is -0.121. The summed E-state index contributed by atoms with van der Waals surface area (Å²) in [6, 6.07) is 3.78. The monoisotopic (exact) mass is 309 g/mol. The van der Waals surface area contributed by atoms with Gasteiger partial charge in [-0.1, -0.05) is 6.58 Å². The SMILES string of the molecule is C=C1C=C(C)c2cc3c(C)cc(=O)[nH]c3c3c2N1C(CN)CO3. The van der Waals surface area contributed by atoms with Crippen LogP contribution in [0.2, 0.25) is 0 Å². The Balaban J connectivity index is 2.15. The zero-order valence-corrected chi connectivity index (χ0v) is 13.3. The summed E-state index contributed by atoms with van der Waals surface area (Å²) < 4.78 is 6.03. The molecule has 1 unspecified atom stereocenters. The van der Waals surface area contributed by atoms with E-state index < -0.39 is 0 Å². The third-order valence-corrected chi connectivity index (χ3v) is 4.69. The van der Waals surface area contributed by atoms with E-state index in [0.717, 1.165) is 44.7 Å². The molecule has 118 valence electrons. The van der Waals surface area contributed by atoms with Gasteiger partial charge in [0.25, 0.3) is 0 Å². The topological polar surface area (TPSA) is 71.4 Å². The summed E-state index contributed by atoms with van der Waals surface area (Å²) in [6.07, 6.45) is 2.08. The lowest BCUT2D eigenvalue weighted by Crippen LogP contribution is -2.47. The maximum atomic E-state index is 11.9. The number of nitrogens with zero attached hydrogens (tertiary/aromatic N) is 1. The molecule has 1 atom stereocenters. The number of benzene rings is 1. The second kappa shape index (κ2) is 4.73. The van der Waals surface area contributed by atoms with Crippen molar-refractivity contribution in [2.45, 2.75) is 19.9 Å². The molecule has 0 radical (unpaired) electrons. The van der Waals surface area contributed by atoms with Gasteiger partial charge in [-0.25, -0.2) is 0 Å². The van der Waals surface area contributed by atoms with Gasteiger partial charge in [-0.2, -0.15) is 0 Å². The lowest BCUT2D eigenvalue weighted by Gasteiger charge is -2.42. The van der Waals surface area contributed by atoms with Gasteiger partial charge in [0.15, 0.2) is 5.75 Å². The van der Waals surface area contributed by atoms with E-state index in [1.165, 1.54) is 0 Å². The third kappa shape index (κ3) is 1.86. The standard InChI is InChI=1S/C18H19N3O2/c1-9-4-11(3)21-12(7-19)8-23-18-16-13(6-14(9)17(18)21)10(2)5-15(22)20-16/h4-6,12H,3,7-8,19H2,1-2H3,(H,20,22). The molecule has 2 aromatic rings. The van der Waals surface area contributed by atoms with E-state index >= 15 is 0 Å². The van der Waals surface area contributed by atoms with Crippen LogP contribution in [0.3, 0.4) is 0 Å². The van der Waals surface area contributed by atoms with Crippen molar-refractivity contribution in [1.82, 2.24) is 4.98 Å². The van der Waals surface area contributed by atoms with E-state index in [-0.39, 0.29) is 11.6 Å². The van der Waals surface area contributed by atoms with E-state index in [9.17, 15) is 4.79 Å². The number of H-pyrrole nitrogens is 1. The molecule has 3 heterocycles. The Labute approximate surface area is 134 Å². The number of rotatable bonds is 1. The Morgan fingerprint density at radius 3 is 2.96 bits per heavy atom. The first-order valence-electron chi connectivity index (χ1n) is 7.71. The van der Waals surface area contributed by atoms with E-state index in [1.807, 2.05) is 6.92 Å². The quantitative estimate of drug-likeness (QED) is 0.848. The lowest BCUT2D eigenvalue weighted by atomic mass is 9.92. The fourth-order valence-corrected chi connectivity index (χ4v) is 3.58. The van der Waals surface area contributed by atoms with Crippen LogP contribution in [-0.4, -0.2) is 24.2 Å². The lowest BCUT2D eigenvalue weighted by molar-refractivity contribution is 0.273. The number of allylic oxidation sites excluding steroid dienone is 2. The molecular weight excluding hydrogens is 290 g/mol. The zero-order chi connectivity index (χ0) is 16.3. The fourth-order valence-electron chi connectivity index (χ4n) is 3.58. The van der Waals surface area contributed by atoms with Crippen LogP contribution in [0.25, 0.3) is 16.5 Å². The highest BCUT2D eigenvalue weighted by Crippen LogP contribution is 2.48. The van der Waals surface area contributed by atoms with Crippen LogP contribution < -0.4 is 20.9 Å². The Morgan fingerprint density at radius 1 is 1.43 bits per heavy atom. The normalized spacial score (nSPS) is 19.4. The second-order valence-corrected chi connectivity index (χ2v) is 6.23. The first-order chi connectivity index (χ1) is 11.0. The molecule has 0 bridgehead atoms. The largest absolute Gasteiger partial charge is 0.487 e. The van der Waals surface area contributed by atoms with Crippen LogP contribution in [-0.2, 0) is 0 Å². The molecule has 0 spiro atoms. The average molecular weight is 309 g/mol. The third-order valence-electron chi connectivity index (χ3n) is 4.69. The van der Waals surface area contributed by atoms with Crippen molar-refractivity contribution in [2.75, 3.05) is 18.1 Å². The molecule has 0 fully saturated rings. The summed E-state index contributed by atoms with van der Waals surface area (Å²) >= 11 is 0. The number of aromatic nitrogens is 1. The Morgan fingerprint density at radius 2 is 2.22 bits per heavy atom. The van der Waals surface area contributed by atoms with E-state index in [4.69, 9.17) is 10.5 Å². The number of nitrogens with two attached hydrogens (primary N) is 1. The highest BCUT2D eigenvalue weighted by Gasteiger charge is 2.34. The predicted octanol–water partition coefficient (Wildman–Crippen LogP) is 2.29. The summed E-state index contributed by atoms with van der Waals surface area (Å²) in [5.74, 6) is 0.719. The summed E-state index contributed by atoms with van der Waals surface area (Å²) in [4.78, 5) is 17.0. The molecule has 0 amide bonds. The Hall–Kier alpha value is -2.53. The van der Waals surface area contributed by atoms with Crippen LogP contribution in [0.5, 0.6) is 5.75 Å². The number of aryl methyl sites for hydroxylation is 1. The molecule has 2 aliphatic rings. The first-order valence-corrected chi connectivity index (χ1v) is 7.71.